The fourth-order valence-corrected chi connectivity index (χ4v) is 5.60. The minimum Gasteiger partial charge on any atom is -0.297 e. The van der Waals surface area contributed by atoms with E-state index in [9.17, 15) is 21.6 Å². The van der Waals surface area contributed by atoms with Crippen LogP contribution >= 0.6 is 0 Å². The van der Waals surface area contributed by atoms with Crippen molar-refractivity contribution in [3.8, 4) is 0 Å². The number of aryl methyl sites for hydroxylation is 2. The van der Waals surface area contributed by atoms with Crippen molar-refractivity contribution in [2.24, 2.45) is 0 Å². The van der Waals surface area contributed by atoms with Crippen LogP contribution in [0, 0.1) is 13.8 Å². The third kappa shape index (κ3) is 3.96. The van der Waals surface area contributed by atoms with Gasteiger partial charge in [0.2, 0.25) is 20.0 Å². The second-order valence-electron chi connectivity index (χ2n) is 6.54. The highest BCUT2D eigenvalue weighted by atomic mass is 32.2. The van der Waals surface area contributed by atoms with Gasteiger partial charge in [0, 0.05) is 0 Å². The molecule has 3 rings (SSSR count). The Morgan fingerprint density at radius 3 is 1.33 bits per heavy atom. The number of ketones is 1. The predicted molar refractivity (Wildman–Crippen MR) is 100 cm³/mol. The van der Waals surface area contributed by atoms with Crippen LogP contribution in [0.3, 0.4) is 0 Å². The van der Waals surface area contributed by atoms with E-state index in [-0.39, 0.29) is 22.9 Å². The second-order valence-corrected chi connectivity index (χ2v) is 10.4. The second kappa shape index (κ2) is 7.16. The quantitative estimate of drug-likeness (QED) is 0.765. The zero-order valence-corrected chi connectivity index (χ0v) is 16.6. The van der Waals surface area contributed by atoms with E-state index in [1.54, 1.807) is 24.3 Å². The topological polar surface area (TPSA) is 91.8 Å². The minimum atomic E-state index is -3.99. The number of benzene rings is 2. The molecule has 0 aliphatic carbocycles. The number of rotatable bonds is 4. The van der Waals surface area contributed by atoms with Crippen LogP contribution in [0.2, 0.25) is 0 Å². The summed E-state index contributed by atoms with van der Waals surface area (Å²) in [6.07, 6.45) is 0. The lowest BCUT2D eigenvalue weighted by Crippen LogP contribution is -2.53. The van der Waals surface area contributed by atoms with Gasteiger partial charge in [-0.2, -0.15) is 8.61 Å². The molecule has 1 fully saturated rings. The maximum absolute atomic E-state index is 12.8. The zero-order valence-electron chi connectivity index (χ0n) is 15.0. The first kappa shape index (κ1) is 19.7. The molecule has 27 heavy (non-hydrogen) atoms. The molecule has 144 valence electrons. The van der Waals surface area contributed by atoms with Crippen molar-refractivity contribution < 1.29 is 21.6 Å². The molecule has 7 nitrogen and oxygen atoms in total. The maximum atomic E-state index is 12.8. The average molecular weight is 409 g/mol. The Labute approximate surface area is 159 Å². The summed E-state index contributed by atoms with van der Waals surface area (Å²) in [5.41, 5.74) is 1.79. The summed E-state index contributed by atoms with van der Waals surface area (Å²) in [6.45, 7) is 2.55. The van der Waals surface area contributed by atoms with Gasteiger partial charge in [-0.05, 0) is 38.1 Å². The van der Waals surface area contributed by atoms with Gasteiger partial charge in [0.1, 0.15) is 0 Å². The summed E-state index contributed by atoms with van der Waals surface area (Å²) >= 11 is 0. The third-order valence-corrected chi connectivity index (χ3v) is 7.92. The van der Waals surface area contributed by atoms with E-state index >= 15 is 0 Å². The fraction of sp³-hybridized carbons (Fsp3) is 0.278. The largest absolute Gasteiger partial charge is 0.297 e. The highest BCUT2D eigenvalue weighted by Crippen LogP contribution is 2.23. The number of carbonyl (C=O) groups is 1. The van der Waals surface area contributed by atoms with Gasteiger partial charge in [0.25, 0.3) is 0 Å². The van der Waals surface area contributed by atoms with Crippen LogP contribution < -0.4 is 0 Å². The Hall–Kier alpha value is -2.07. The summed E-state index contributed by atoms with van der Waals surface area (Å²) in [4.78, 5) is 12.2. The van der Waals surface area contributed by atoms with Crippen LogP contribution in [-0.2, 0) is 24.8 Å². The van der Waals surface area contributed by atoms with E-state index in [4.69, 9.17) is 0 Å². The molecule has 0 spiro atoms. The van der Waals surface area contributed by atoms with Gasteiger partial charge in [-0.25, -0.2) is 16.8 Å². The molecule has 0 saturated carbocycles. The van der Waals surface area contributed by atoms with E-state index < -0.39 is 32.5 Å². The van der Waals surface area contributed by atoms with E-state index in [1.165, 1.54) is 24.3 Å². The Morgan fingerprint density at radius 1 is 0.667 bits per heavy atom. The smallest absolute Gasteiger partial charge is 0.244 e. The molecule has 0 aromatic heterocycles. The third-order valence-electron chi connectivity index (χ3n) is 4.34. The Morgan fingerprint density at radius 2 is 1.00 bits per heavy atom. The van der Waals surface area contributed by atoms with Gasteiger partial charge < -0.3 is 0 Å². The highest BCUT2D eigenvalue weighted by Gasteiger charge is 2.38. The number of sulfonamides is 2. The Kier molecular flexibility index (Phi) is 5.22. The van der Waals surface area contributed by atoms with Gasteiger partial charge in [-0.1, -0.05) is 35.4 Å². The predicted octanol–water partition coefficient (Wildman–Crippen LogP) is 1.53. The van der Waals surface area contributed by atoms with E-state index in [0.717, 1.165) is 19.7 Å². The monoisotopic (exact) mass is 408 g/mol. The lowest BCUT2D eigenvalue weighted by molar-refractivity contribution is -0.122. The summed E-state index contributed by atoms with van der Waals surface area (Å²) in [7, 11) is -7.97. The average Bonchev–Trinajstić information content (AvgIpc) is 2.62. The van der Waals surface area contributed by atoms with E-state index in [0.29, 0.717) is 0 Å². The summed E-state index contributed by atoms with van der Waals surface area (Å²) in [5.74, 6) is -0.479. The van der Waals surface area contributed by atoms with Gasteiger partial charge in [-0.15, -0.1) is 0 Å². The Balaban J connectivity index is 1.93. The van der Waals surface area contributed by atoms with Crippen LogP contribution in [0.25, 0.3) is 0 Å². The van der Waals surface area contributed by atoms with Gasteiger partial charge in [-0.3, -0.25) is 4.79 Å². The first-order valence-electron chi connectivity index (χ1n) is 8.26. The number of nitrogens with zero attached hydrogens (tertiary/aromatic N) is 2. The van der Waals surface area contributed by atoms with Crippen LogP contribution in [0.5, 0.6) is 0 Å². The van der Waals surface area contributed by atoms with Crippen LogP contribution in [0.15, 0.2) is 58.3 Å². The molecule has 9 heteroatoms. The normalized spacial score (nSPS) is 17.2. The molecule has 1 aliphatic rings. The van der Waals surface area contributed by atoms with Crippen LogP contribution in [0.4, 0.5) is 0 Å². The van der Waals surface area contributed by atoms with Crippen molar-refractivity contribution in [1.82, 2.24) is 8.61 Å². The summed E-state index contributed by atoms with van der Waals surface area (Å²) in [5, 5.41) is 0. The molecule has 1 aliphatic heterocycles. The standard InChI is InChI=1S/C18H20N2O5S2/c1-14-3-7-17(8-4-14)26(22,23)19-11-16(21)12-20(13-19)27(24,25)18-9-5-15(2)6-10-18/h3-10H,11-13H2,1-2H3. The molecule has 0 unspecified atom stereocenters. The molecule has 0 radical (unpaired) electrons. The lowest BCUT2D eigenvalue weighted by atomic mass is 10.2. The van der Waals surface area contributed by atoms with Crippen LogP contribution in [-0.4, -0.2) is 51.0 Å². The summed E-state index contributed by atoms with van der Waals surface area (Å²) in [6, 6.07) is 12.4. The van der Waals surface area contributed by atoms with Gasteiger partial charge >= 0.3 is 0 Å². The molecular formula is C18H20N2O5S2. The Bertz CT molecular complexity index is 974. The lowest BCUT2D eigenvalue weighted by Gasteiger charge is -2.33. The van der Waals surface area contributed by atoms with Crippen molar-refractivity contribution in [2.45, 2.75) is 23.6 Å². The van der Waals surface area contributed by atoms with Crippen molar-refractivity contribution in [2.75, 3.05) is 19.8 Å². The van der Waals surface area contributed by atoms with Crippen LogP contribution in [0.1, 0.15) is 11.1 Å². The molecule has 1 heterocycles. The van der Waals surface area contributed by atoms with E-state index in [1.807, 2.05) is 13.8 Å². The van der Waals surface area contributed by atoms with Gasteiger partial charge in [0.05, 0.1) is 29.5 Å². The first-order chi connectivity index (χ1) is 12.6. The number of hydrogen-bond donors (Lipinski definition) is 0. The molecule has 2 aromatic carbocycles. The SMILES string of the molecule is Cc1ccc(S(=O)(=O)N2CC(=O)CN(S(=O)(=O)c3ccc(C)cc3)C2)cc1. The number of carbonyl (C=O) groups excluding carboxylic acids is 1. The zero-order chi connectivity index (χ0) is 19.8. The van der Waals surface area contributed by atoms with Gasteiger partial charge in [0.15, 0.2) is 5.78 Å². The number of Topliss-reactive ketones (excluding diaryl/α,β-unsaturated/α-hetero) is 1. The van der Waals surface area contributed by atoms with Crippen molar-refractivity contribution >= 4 is 25.8 Å². The molecule has 0 amide bonds. The molecule has 0 N–H and O–H groups in total. The number of hydrogen-bond acceptors (Lipinski definition) is 5. The molecule has 2 aromatic rings. The fourth-order valence-electron chi connectivity index (χ4n) is 2.76. The van der Waals surface area contributed by atoms with Crippen molar-refractivity contribution in [3.63, 3.8) is 0 Å². The van der Waals surface area contributed by atoms with Crippen molar-refractivity contribution in [1.29, 1.82) is 0 Å². The highest BCUT2D eigenvalue weighted by molar-refractivity contribution is 7.90. The minimum absolute atomic E-state index is 0.0236. The molecule has 0 bridgehead atoms. The van der Waals surface area contributed by atoms with Crippen molar-refractivity contribution in [3.05, 3.63) is 59.7 Å². The van der Waals surface area contributed by atoms with E-state index in [2.05, 4.69) is 0 Å². The molecule has 0 atom stereocenters. The first-order valence-corrected chi connectivity index (χ1v) is 11.1. The molecule has 1 saturated heterocycles. The summed E-state index contributed by atoms with van der Waals surface area (Å²) < 4.78 is 53.2. The maximum Gasteiger partial charge on any atom is 0.244 e. The molecular weight excluding hydrogens is 388 g/mol.